The van der Waals surface area contributed by atoms with Gasteiger partial charge in [-0.25, -0.2) is 4.98 Å². The summed E-state index contributed by atoms with van der Waals surface area (Å²) in [5.74, 6) is 0.0478. The van der Waals surface area contributed by atoms with E-state index in [1.807, 2.05) is 25.1 Å². The van der Waals surface area contributed by atoms with Crippen LogP contribution in [-0.2, 0) is 21.3 Å². The zero-order chi connectivity index (χ0) is 16.5. The van der Waals surface area contributed by atoms with Gasteiger partial charge in [0.05, 0.1) is 18.4 Å². The maximum Gasteiger partial charge on any atom is 0.261 e. The zero-order valence-electron chi connectivity index (χ0n) is 12.0. The van der Waals surface area contributed by atoms with Crippen LogP contribution < -0.4 is 11.1 Å². The molecule has 0 bridgehead atoms. The van der Waals surface area contributed by atoms with Gasteiger partial charge in [-0.1, -0.05) is 6.07 Å². The van der Waals surface area contributed by atoms with E-state index in [4.69, 9.17) is 10.3 Å². The van der Waals surface area contributed by atoms with Crippen molar-refractivity contribution in [3.8, 4) is 11.3 Å². The lowest BCUT2D eigenvalue weighted by atomic mass is 10.1. The van der Waals surface area contributed by atoms with Gasteiger partial charge in [0.1, 0.15) is 0 Å². The van der Waals surface area contributed by atoms with Crippen LogP contribution in [0.4, 0.5) is 10.8 Å². The molecule has 1 aliphatic heterocycles. The fourth-order valence-corrected chi connectivity index (χ4v) is 2.77. The van der Waals surface area contributed by atoms with Gasteiger partial charge in [-0.15, -0.1) is 11.3 Å². The quantitative estimate of drug-likeness (QED) is 0.679. The maximum atomic E-state index is 11.3. The monoisotopic (exact) mass is 341 g/mol. The normalized spacial score (nSPS) is 13.1. The predicted octanol–water partition coefficient (Wildman–Crippen LogP) is 1.70. The first-order valence-electron chi connectivity index (χ1n) is 6.22. The van der Waals surface area contributed by atoms with Crippen LogP contribution in [0.15, 0.2) is 18.2 Å². The van der Waals surface area contributed by atoms with Crippen LogP contribution in [0.25, 0.3) is 11.3 Å². The third kappa shape index (κ3) is 4.26. The Balaban J connectivity index is 0.000000309. The van der Waals surface area contributed by atoms with E-state index in [0.717, 1.165) is 27.4 Å². The first kappa shape index (κ1) is 16.4. The lowest BCUT2D eigenvalue weighted by Gasteiger charge is -2.02. The van der Waals surface area contributed by atoms with Gasteiger partial charge < -0.3 is 11.1 Å². The van der Waals surface area contributed by atoms with Gasteiger partial charge in [-0.2, -0.15) is 8.42 Å². The molecule has 22 heavy (non-hydrogen) atoms. The van der Waals surface area contributed by atoms with Crippen LogP contribution in [0.5, 0.6) is 0 Å². The molecule has 0 saturated carbocycles. The van der Waals surface area contributed by atoms with Gasteiger partial charge in [0, 0.05) is 16.1 Å². The van der Waals surface area contributed by atoms with Crippen LogP contribution in [0.1, 0.15) is 10.4 Å². The first-order chi connectivity index (χ1) is 10.1. The molecule has 3 rings (SSSR count). The number of anilines is 2. The number of carbonyl (C=O) groups is 1. The Morgan fingerprint density at radius 3 is 2.59 bits per heavy atom. The summed E-state index contributed by atoms with van der Waals surface area (Å²) in [6.07, 6.45) is 1.16. The van der Waals surface area contributed by atoms with E-state index in [2.05, 4.69) is 10.3 Å². The minimum absolute atomic E-state index is 0.0478. The summed E-state index contributed by atoms with van der Waals surface area (Å²) in [7, 11) is -3.67. The lowest BCUT2D eigenvalue weighted by Crippen LogP contribution is -2.03. The molecule has 0 fully saturated rings. The van der Waals surface area contributed by atoms with Gasteiger partial charge in [-0.05, 0) is 24.6 Å². The second-order valence-electron chi connectivity index (χ2n) is 4.79. The van der Waals surface area contributed by atoms with E-state index < -0.39 is 10.1 Å². The fraction of sp³-hybridized carbons (Fsp3) is 0.231. The second kappa shape index (κ2) is 6.03. The molecular weight excluding hydrogens is 326 g/mol. The highest BCUT2D eigenvalue weighted by molar-refractivity contribution is 7.85. The summed E-state index contributed by atoms with van der Waals surface area (Å²) >= 11 is 1.48. The number of aryl methyl sites for hydroxylation is 1. The molecule has 0 spiro atoms. The van der Waals surface area contributed by atoms with Crippen LogP contribution in [0.2, 0.25) is 0 Å². The van der Waals surface area contributed by atoms with E-state index in [-0.39, 0.29) is 5.91 Å². The summed E-state index contributed by atoms with van der Waals surface area (Å²) in [4.78, 5) is 16.7. The fourth-order valence-electron chi connectivity index (χ4n) is 2.06. The number of amides is 1. The van der Waals surface area contributed by atoms with Crippen molar-refractivity contribution in [1.29, 1.82) is 0 Å². The molecular formula is C13H15N3O4S2. The predicted molar refractivity (Wildman–Crippen MR) is 86.5 cm³/mol. The van der Waals surface area contributed by atoms with Crippen molar-refractivity contribution in [2.75, 3.05) is 17.3 Å². The third-order valence-electron chi connectivity index (χ3n) is 2.82. The Bertz CT molecular complexity index is 820. The van der Waals surface area contributed by atoms with E-state index >= 15 is 0 Å². The Kier molecular flexibility index (Phi) is 4.50. The number of hydrogen-bond donors (Lipinski definition) is 3. The van der Waals surface area contributed by atoms with Crippen molar-refractivity contribution < 1.29 is 17.8 Å². The molecule has 1 aromatic carbocycles. The zero-order valence-corrected chi connectivity index (χ0v) is 13.6. The molecule has 118 valence electrons. The number of hydrogen-bond acceptors (Lipinski definition) is 6. The van der Waals surface area contributed by atoms with E-state index in [1.54, 1.807) is 0 Å². The average molecular weight is 341 g/mol. The van der Waals surface area contributed by atoms with Crippen LogP contribution in [-0.4, -0.2) is 30.1 Å². The minimum Gasteiger partial charge on any atom is -0.375 e. The molecule has 1 aromatic heterocycles. The second-order valence-corrected chi connectivity index (χ2v) is 7.49. The summed E-state index contributed by atoms with van der Waals surface area (Å²) < 4.78 is 25.9. The molecule has 2 aromatic rings. The van der Waals surface area contributed by atoms with Crippen LogP contribution >= 0.6 is 11.3 Å². The third-order valence-corrected chi connectivity index (χ3v) is 3.62. The highest BCUT2D eigenvalue weighted by Gasteiger charge is 2.18. The minimum atomic E-state index is -3.67. The van der Waals surface area contributed by atoms with Crippen molar-refractivity contribution in [2.24, 2.45) is 0 Å². The van der Waals surface area contributed by atoms with Crippen molar-refractivity contribution in [2.45, 2.75) is 13.3 Å². The number of carbonyl (C=O) groups excluding carboxylic acids is 1. The number of nitrogens with one attached hydrogen (secondary N) is 1. The number of nitrogen functional groups attached to an aromatic ring is 1. The largest absolute Gasteiger partial charge is 0.375 e. The molecule has 0 saturated heterocycles. The van der Waals surface area contributed by atoms with E-state index in [9.17, 15) is 13.2 Å². The molecule has 1 amide bonds. The topological polar surface area (TPSA) is 122 Å². The Morgan fingerprint density at radius 1 is 1.41 bits per heavy atom. The average Bonchev–Trinajstić information content (AvgIpc) is 2.87. The summed E-state index contributed by atoms with van der Waals surface area (Å²) in [5, 5.41) is 3.39. The standard InChI is InChI=1S/C12H11N3OS.CH4O3S/c1-6-11(15-12(13)17-6)7-2-3-9-8(4-7)5-10(16)14-9;1-5(2,3)4/h2-4H,5H2,1H3,(H2,13,15)(H,14,16);1H3,(H,2,3,4). The van der Waals surface area contributed by atoms with Crippen molar-refractivity contribution in [3.05, 3.63) is 28.6 Å². The maximum absolute atomic E-state index is 11.3. The van der Waals surface area contributed by atoms with Gasteiger partial charge in [0.15, 0.2) is 5.13 Å². The molecule has 0 unspecified atom stereocenters. The van der Waals surface area contributed by atoms with Crippen molar-refractivity contribution in [3.63, 3.8) is 0 Å². The van der Waals surface area contributed by atoms with Gasteiger partial charge in [0.25, 0.3) is 10.1 Å². The van der Waals surface area contributed by atoms with Crippen LogP contribution in [0.3, 0.4) is 0 Å². The Morgan fingerprint density at radius 2 is 2.05 bits per heavy atom. The number of thiazole rings is 1. The van der Waals surface area contributed by atoms with Gasteiger partial charge in [0.2, 0.25) is 5.91 Å². The number of nitrogens with zero attached hydrogens (tertiary/aromatic N) is 1. The molecule has 0 atom stereocenters. The summed E-state index contributed by atoms with van der Waals surface area (Å²) in [6, 6.07) is 5.89. The number of fused-ring (bicyclic) bond motifs is 1. The molecule has 1 aliphatic rings. The Labute approximate surface area is 131 Å². The smallest absolute Gasteiger partial charge is 0.261 e. The van der Waals surface area contributed by atoms with Crippen molar-refractivity contribution >= 4 is 38.2 Å². The molecule has 0 radical (unpaired) electrons. The molecule has 4 N–H and O–H groups in total. The summed E-state index contributed by atoms with van der Waals surface area (Å²) in [6.45, 7) is 2.00. The van der Waals surface area contributed by atoms with Crippen LogP contribution in [0, 0.1) is 6.92 Å². The van der Waals surface area contributed by atoms with E-state index in [1.165, 1.54) is 11.3 Å². The summed E-state index contributed by atoms with van der Waals surface area (Å²) in [5.41, 5.74) is 9.55. The molecule has 7 nitrogen and oxygen atoms in total. The Hall–Kier alpha value is -1.97. The van der Waals surface area contributed by atoms with Crippen molar-refractivity contribution in [1.82, 2.24) is 4.98 Å². The molecule has 9 heteroatoms. The SMILES string of the molecule is CS(=O)(=O)O.Cc1sc(N)nc1-c1ccc2c(c1)CC(=O)N2. The highest BCUT2D eigenvalue weighted by atomic mass is 32.2. The van der Waals surface area contributed by atoms with Gasteiger partial charge >= 0.3 is 0 Å². The first-order valence-corrected chi connectivity index (χ1v) is 8.88. The van der Waals surface area contributed by atoms with E-state index in [0.29, 0.717) is 17.8 Å². The number of rotatable bonds is 1. The highest BCUT2D eigenvalue weighted by Crippen LogP contribution is 2.32. The molecule has 2 heterocycles. The number of benzene rings is 1. The van der Waals surface area contributed by atoms with Gasteiger partial charge in [-0.3, -0.25) is 9.35 Å². The number of aromatic nitrogens is 1. The number of nitrogens with two attached hydrogens (primary N) is 1. The molecule has 0 aliphatic carbocycles. The lowest BCUT2D eigenvalue weighted by molar-refractivity contribution is -0.115.